The number of carbonyl (C=O) groups is 3. The Morgan fingerprint density at radius 3 is 2.42 bits per heavy atom. The summed E-state index contributed by atoms with van der Waals surface area (Å²) in [5.74, 6) is -2.53. The van der Waals surface area contributed by atoms with Crippen LogP contribution in [0.3, 0.4) is 0 Å². The Morgan fingerprint density at radius 2 is 1.65 bits per heavy atom. The van der Waals surface area contributed by atoms with Crippen LogP contribution in [0.4, 0.5) is 8.78 Å². The standard InChI is InChI=1S/C32H35F2N5O4/c1-37-22-32(11-17-39(18-12-32)30(41)25-8-3-9-26(33)28(25)34)10-4-15-38(31(42)27-21-35-13-14-36-27)16-5-19-43-24-7-2-6-23(20-24)29(37)40/h2-3,6-9,13-14,20-21H,4-5,10-12,15-19,22H2,1H3. The molecule has 0 aliphatic carbocycles. The Bertz CT molecular complexity index is 1460. The van der Waals surface area contributed by atoms with Gasteiger partial charge in [-0.1, -0.05) is 12.1 Å². The molecule has 2 aliphatic heterocycles. The minimum atomic E-state index is -1.15. The zero-order valence-corrected chi connectivity index (χ0v) is 24.2. The van der Waals surface area contributed by atoms with E-state index in [1.54, 1.807) is 46.0 Å². The Balaban J connectivity index is 1.37. The van der Waals surface area contributed by atoms with Crippen molar-refractivity contribution in [2.45, 2.75) is 32.1 Å². The van der Waals surface area contributed by atoms with Crippen LogP contribution >= 0.6 is 0 Å². The lowest BCUT2D eigenvalue weighted by Crippen LogP contribution is -2.48. The first-order chi connectivity index (χ1) is 20.8. The molecule has 1 saturated heterocycles. The van der Waals surface area contributed by atoms with Gasteiger partial charge in [0.15, 0.2) is 11.6 Å². The van der Waals surface area contributed by atoms with Gasteiger partial charge in [-0.2, -0.15) is 0 Å². The number of halogens is 2. The topological polar surface area (TPSA) is 95.9 Å². The SMILES string of the molecule is CN1CC2(CCCN(C(=O)c3cnccn3)CCCOc3cccc(c3)C1=O)CCN(C(=O)c1cccc(F)c1F)CC2. The summed E-state index contributed by atoms with van der Waals surface area (Å²) in [5, 5.41) is 0. The average Bonchev–Trinajstić information content (AvgIpc) is 3.03. The predicted molar refractivity (Wildman–Crippen MR) is 155 cm³/mol. The van der Waals surface area contributed by atoms with Gasteiger partial charge in [0.1, 0.15) is 11.4 Å². The van der Waals surface area contributed by atoms with Gasteiger partial charge in [-0.05, 0) is 67.9 Å². The Hall–Kier alpha value is -4.41. The summed E-state index contributed by atoms with van der Waals surface area (Å²) < 4.78 is 34.1. The van der Waals surface area contributed by atoms with Crippen LogP contribution in [0.15, 0.2) is 61.1 Å². The zero-order valence-electron chi connectivity index (χ0n) is 24.2. The van der Waals surface area contributed by atoms with Gasteiger partial charge < -0.3 is 19.4 Å². The Morgan fingerprint density at radius 1 is 0.907 bits per heavy atom. The van der Waals surface area contributed by atoms with Gasteiger partial charge in [-0.25, -0.2) is 13.8 Å². The molecule has 2 aliphatic rings. The van der Waals surface area contributed by atoms with Crippen LogP contribution in [0, 0.1) is 17.0 Å². The van der Waals surface area contributed by atoms with E-state index in [1.165, 1.54) is 30.7 Å². The lowest BCUT2D eigenvalue weighted by atomic mass is 9.74. The summed E-state index contributed by atoms with van der Waals surface area (Å²) in [7, 11) is 1.76. The number of piperidine rings is 1. The summed E-state index contributed by atoms with van der Waals surface area (Å²) in [6, 6.07) is 10.7. The predicted octanol–water partition coefficient (Wildman–Crippen LogP) is 4.45. The molecule has 0 unspecified atom stereocenters. The molecule has 0 saturated carbocycles. The van der Waals surface area contributed by atoms with Crippen molar-refractivity contribution >= 4 is 17.7 Å². The lowest BCUT2D eigenvalue weighted by Gasteiger charge is -2.44. The van der Waals surface area contributed by atoms with E-state index in [1.807, 2.05) is 0 Å². The highest BCUT2D eigenvalue weighted by molar-refractivity contribution is 5.95. The number of amides is 3. The monoisotopic (exact) mass is 591 g/mol. The van der Waals surface area contributed by atoms with Gasteiger partial charge in [0.25, 0.3) is 17.7 Å². The number of likely N-dealkylation sites (tertiary alicyclic amines) is 1. The van der Waals surface area contributed by atoms with E-state index in [9.17, 15) is 23.2 Å². The molecule has 0 radical (unpaired) electrons. The third kappa shape index (κ3) is 6.98. The molecular weight excluding hydrogens is 556 g/mol. The van der Waals surface area contributed by atoms with Crippen LogP contribution in [0.1, 0.15) is 63.3 Å². The second-order valence-electron chi connectivity index (χ2n) is 11.3. The van der Waals surface area contributed by atoms with E-state index in [4.69, 9.17) is 4.74 Å². The number of nitrogens with zero attached hydrogens (tertiary/aromatic N) is 5. The largest absolute Gasteiger partial charge is 0.494 e. The third-order valence-corrected chi connectivity index (χ3v) is 8.34. The quantitative estimate of drug-likeness (QED) is 0.437. The minimum Gasteiger partial charge on any atom is -0.494 e. The van der Waals surface area contributed by atoms with Crippen LogP contribution in [-0.2, 0) is 0 Å². The van der Waals surface area contributed by atoms with Gasteiger partial charge in [-0.15, -0.1) is 0 Å². The summed E-state index contributed by atoms with van der Waals surface area (Å²) in [4.78, 5) is 53.1. The third-order valence-electron chi connectivity index (χ3n) is 8.34. The zero-order chi connectivity index (χ0) is 30.4. The number of benzene rings is 2. The number of aromatic nitrogens is 2. The smallest absolute Gasteiger partial charge is 0.274 e. The number of hydrogen-bond donors (Lipinski definition) is 0. The number of rotatable bonds is 2. The van der Waals surface area contributed by atoms with Crippen molar-refractivity contribution in [3.05, 3.63) is 89.5 Å². The molecule has 3 amide bonds. The second kappa shape index (κ2) is 13.3. The molecule has 2 bridgehead atoms. The van der Waals surface area contributed by atoms with Crippen molar-refractivity contribution in [3.63, 3.8) is 0 Å². The number of carbonyl (C=O) groups excluding carboxylic acids is 3. The van der Waals surface area contributed by atoms with E-state index >= 15 is 0 Å². The van der Waals surface area contributed by atoms with E-state index in [-0.39, 0.29) is 28.5 Å². The average molecular weight is 592 g/mol. The molecule has 3 heterocycles. The molecule has 226 valence electrons. The molecular formula is C32H35F2N5O4. The fourth-order valence-electron chi connectivity index (χ4n) is 6.00. The molecule has 0 N–H and O–H groups in total. The summed E-state index contributed by atoms with van der Waals surface area (Å²) in [6.07, 6.45) is 7.54. The normalized spacial score (nSPS) is 18.0. The number of fused-ring (bicyclic) bond motifs is 2. The fourth-order valence-corrected chi connectivity index (χ4v) is 6.00. The van der Waals surface area contributed by atoms with Crippen LogP contribution in [-0.4, -0.2) is 88.8 Å². The molecule has 11 heteroatoms. The summed E-state index contributed by atoms with van der Waals surface area (Å²) in [6.45, 7) is 2.41. The van der Waals surface area contributed by atoms with E-state index in [0.29, 0.717) is 82.7 Å². The van der Waals surface area contributed by atoms with Gasteiger partial charge in [0, 0.05) is 57.7 Å². The van der Waals surface area contributed by atoms with Crippen LogP contribution in [0.5, 0.6) is 5.75 Å². The molecule has 1 aromatic heterocycles. The summed E-state index contributed by atoms with van der Waals surface area (Å²) >= 11 is 0. The molecule has 5 rings (SSSR count). The van der Waals surface area contributed by atoms with Crippen LogP contribution < -0.4 is 4.74 Å². The van der Waals surface area contributed by atoms with Crippen molar-refractivity contribution < 1.29 is 27.9 Å². The van der Waals surface area contributed by atoms with E-state index in [0.717, 1.165) is 6.07 Å². The molecule has 3 aromatic rings. The molecule has 43 heavy (non-hydrogen) atoms. The molecule has 1 fully saturated rings. The van der Waals surface area contributed by atoms with Gasteiger partial charge in [0.2, 0.25) is 0 Å². The van der Waals surface area contributed by atoms with Crippen molar-refractivity contribution in [1.82, 2.24) is 24.7 Å². The molecule has 9 nitrogen and oxygen atoms in total. The van der Waals surface area contributed by atoms with Crippen molar-refractivity contribution in [3.8, 4) is 5.75 Å². The maximum absolute atomic E-state index is 14.4. The first-order valence-electron chi connectivity index (χ1n) is 14.5. The number of ether oxygens (including phenoxy) is 1. The van der Waals surface area contributed by atoms with E-state index in [2.05, 4.69) is 9.97 Å². The maximum Gasteiger partial charge on any atom is 0.274 e. The van der Waals surface area contributed by atoms with Gasteiger partial charge in [-0.3, -0.25) is 19.4 Å². The molecule has 2 aromatic carbocycles. The van der Waals surface area contributed by atoms with Crippen molar-refractivity contribution in [2.75, 3.05) is 46.4 Å². The Labute approximate surface area is 249 Å². The van der Waals surface area contributed by atoms with Crippen LogP contribution in [0.25, 0.3) is 0 Å². The van der Waals surface area contributed by atoms with Crippen molar-refractivity contribution in [1.29, 1.82) is 0 Å². The summed E-state index contributed by atoms with van der Waals surface area (Å²) in [5.41, 5.74) is 0.145. The highest BCUT2D eigenvalue weighted by Gasteiger charge is 2.38. The van der Waals surface area contributed by atoms with Crippen LogP contribution in [0.2, 0.25) is 0 Å². The van der Waals surface area contributed by atoms with E-state index < -0.39 is 17.5 Å². The van der Waals surface area contributed by atoms with Gasteiger partial charge >= 0.3 is 0 Å². The van der Waals surface area contributed by atoms with Gasteiger partial charge in [0.05, 0.1) is 18.4 Å². The second-order valence-corrected chi connectivity index (χ2v) is 11.3. The minimum absolute atomic E-state index is 0.139. The Kier molecular flexibility index (Phi) is 9.27. The van der Waals surface area contributed by atoms with Crippen molar-refractivity contribution in [2.24, 2.45) is 5.41 Å². The molecule has 0 atom stereocenters. The first-order valence-corrected chi connectivity index (χ1v) is 14.5. The number of hydrogen-bond acceptors (Lipinski definition) is 6. The highest BCUT2D eigenvalue weighted by Crippen LogP contribution is 2.38. The molecule has 1 spiro atoms. The lowest BCUT2D eigenvalue weighted by molar-refractivity contribution is 0.0381. The maximum atomic E-state index is 14.4. The fraction of sp³-hybridized carbons (Fsp3) is 0.406. The first kappa shape index (κ1) is 30.1. The highest BCUT2D eigenvalue weighted by atomic mass is 19.2.